The number of pyridine rings is 1. The maximum Gasteiger partial charge on any atom is 0.263 e. The van der Waals surface area contributed by atoms with Gasteiger partial charge in [-0.05, 0) is 47.4 Å². The minimum absolute atomic E-state index is 0.0506. The highest BCUT2D eigenvalue weighted by atomic mass is 16.1. The number of nitrogen functional groups attached to an aromatic ring is 1. The summed E-state index contributed by atoms with van der Waals surface area (Å²) in [7, 11) is 0. The zero-order chi connectivity index (χ0) is 25.4. The Labute approximate surface area is 209 Å². The second-order valence-electron chi connectivity index (χ2n) is 9.15. The topological polar surface area (TPSA) is 91.6 Å². The van der Waals surface area contributed by atoms with E-state index in [-0.39, 0.29) is 11.5 Å². The molecule has 0 saturated heterocycles. The summed E-state index contributed by atoms with van der Waals surface area (Å²) in [6.07, 6.45) is 2.12. The molecule has 0 radical (unpaired) electrons. The lowest BCUT2D eigenvalue weighted by Gasteiger charge is -2.20. The summed E-state index contributed by atoms with van der Waals surface area (Å²) in [6.45, 7) is 8.53. The Hall–Kier alpha value is -4.44. The highest BCUT2D eigenvalue weighted by Gasteiger charge is 2.20. The average molecular weight is 477 g/mol. The molecule has 0 unspecified atom stereocenters. The van der Waals surface area contributed by atoms with E-state index in [0.29, 0.717) is 40.9 Å². The fourth-order valence-corrected chi connectivity index (χ4v) is 4.70. The Kier molecular flexibility index (Phi) is 6.03. The number of rotatable bonds is 4. The summed E-state index contributed by atoms with van der Waals surface area (Å²) in [5.74, 6) is 6.73. The van der Waals surface area contributed by atoms with Crippen LogP contribution in [-0.4, -0.2) is 24.3 Å². The molecule has 0 aliphatic heterocycles. The second kappa shape index (κ2) is 9.31. The first kappa shape index (κ1) is 23.3. The van der Waals surface area contributed by atoms with Crippen LogP contribution >= 0.6 is 0 Å². The van der Waals surface area contributed by atoms with Crippen molar-refractivity contribution in [3.8, 4) is 17.5 Å². The monoisotopic (exact) mass is 476 g/mol. The lowest BCUT2D eigenvalue weighted by molar-refractivity contribution is 0.665. The van der Waals surface area contributed by atoms with Crippen molar-refractivity contribution in [3.63, 3.8) is 0 Å². The quantitative estimate of drug-likeness (QED) is 0.371. The van der Waals surface area contributed by atoms with Gasteiger partial charge in [0.25, 0.3) is 5.56 Å². The number of nitrogens with two attached hydrogens (primary N) is 1. The van der Waals surface area contributed by atoms with Crippen molar-refractivity contribution in [2.75, 3.05) is 5.73 Å². The van der Waals surface area contributed by atoms with Gasteiger partial charge in [0.1, 0.15) is 17.8 Å². The molecular formula is C29H28N6O. The second-order valence-corrected chi connectivity index (χ2v) is 9.15. The van der Waals surface area contributed by atoms with Crippen molar-refractivity contribution in [1.29, 1.82) is 0 Å². The molecule has 0 atom stereocenters. The van der Waals surface area contributed by atoms with Gasteiger partial charge >= 0.3 is 0 Å². The molecule has 0 aliphatic rings. The van der Waals surface area contributed by atoms with Gasteiger partial charge in [0.05, 0.1) is 23.0 Å². The van der Waals surface area contributed by atoms with Crippen LogP contribution in [0.2, 0.25) is 0 Å². The molecule has 0 amide bonds. The standard InChI is InChI=1S/C29H28N6O/c1-5-6-13-23-26-27(30)31-17-32-28(26)34(33-23)16-21-15-20-11-9-10-19(4)25(20)29(36)35(21)24-14-8-7-12-22(24)18(2)3/h7-12,14-15,17-18H,5,16H2,1-4H3,(H2,30,31,32). The van der Waals surface area contributed by atoms with Crippen LogP contribution in [-0.2, 0) is 6.54 Å². The maximum absolute atomic E-state index is 14.1. The molecule has 0 fully saturated rings. The molecule has 3 aromatic heterocycles. The van der Waals surface area contributed by atoms with Crippen LogP contribution in [0.5, 0.6) is 0 Å². The van der Waals surface area contributed by atoms with Crippen LogP contribution in [0.4, 0.5) is 5.82 Å². The number of anilines is 1. The van der Waals surface area contributed by atoms with Crippen molar-refractivity contribution in [2.24, 2.45) is 0 Å². The number of aryl methyl sites for hydroxylation is 1. The van der Waals surface area contributed by atoms with E-state index >= 15 is 0 Å². The smallest absolute Gasteiger partial charge is 0.263 e. The Morgan fingerprint density at radius 2 is 1.86 bits per heavy atom. The van der Waals surface area contributed by atoms with Gasteiger partial charge < -0.3 is 5.73 Å². The number of para-hydroxylation sites is 1. The van der Waals surface area contributed by atoms with Gasteiger partial charge in [-0.1, -0.05) is 63.1 Å². The van der Waals surface area contributed by atoms with Crippen molar-refractivity contribution in [1.82, 2.24) is 24.3 Å². The van der Waals surface area contributed by atoms with Crippen molar-refractivity contribution >= 4 is 27.6 Å². The Morgan fingerprint density at radius 3 is 2.64 bits per heavy atom. The van der Waals surface area contributed by atoms with E-state index in [4.69, 9.17) is 10.8 Å². The van der Waals surface area contributed by atoms with Crippen molar-refractivity contribution in [2.45, 2.75) is 46.6 Å². The summed E-state index contributed by atoms with van der Waals surface area (Å²) >= 11 is 0. The molecule has 0 spiro atoms. The molecule has 2 aromatic carbocycles. The molecule has 5 aromatic rings. The van der Waals surface area contributed by atoms with Crippen LogP contribution in [0.3, 0.4) is 0 Å². The molecule has 180 valence electrons. The van der Waals surface area contributed by atoms with E-state index in [1.165, 1.54) is 6.33 Å². The molecule has 3 heterocycles. The molecule has 0 bridgehead atoms. The Morgan fingerprint density at radius 1 is 1.06 bits per heavy atom. The molecule has 0 saturated carbocycles. The third kappa shape index (κ3) is 3.91. The minimum Gasteiger partial charge on any atom is -0.383 e. The summed E-state index contributed by atoms with van der Waals surface area (Å²) < 4.78 is 3.58. The lowest BCUT2D eigenvalue weighted by atomic mass is 10.00. The lowest BCUT2D eigenvalue weighted by Crippen LogP contribution is -2.25. The SMILES string of the molecule is CCC#Cc1nn(Cc2cc3cccc(C)c3c(=O)n2-c2ccccc2C(C)C)c2ncnc(N)c12. The fraction of sp³-hybridized carbons (Fsp3) is 0.241. The molecule has 7 heteroatoms. The van der Waals surface area contributed by atoms with Crippen molar-refractivity contribution in [3.05, 3.63) is 87.7 Å². The molecule has 0 aliphatic carbocycles. The van der Waals surface area contributed by atoms with Crippen LogP contribution < -0.4 is 11.3 Å². The first-order valence-corrected chi connectivity index (χ1v) is 12.1. The minimum atomic E-state index is -0.0506. The summed E-state index contributed by atoms with van der Waals surface area (Å²) in [4.78, 5) is 22.7. The van der Waals surface area contributed by atoms with E-state index in [0.717, 1.165) is 27.9 Å². The highest BCUT2D eigenvalue weighted by Crippen LogP contribution is 2.27. The molecular weight excluding hydrogens is 448 g/mol. The zero-order valence-electron chi connectivity index (χ0n) is 20.9. The van der Waals surface area contributed by atoms with Crippen LogP contribution in [0, 0.1) is 18.8 Å². The van der Waals surface area contributed by atoms with Gasteiger partial charge in [0.2, 0.25) is 0 Å². The Bertz CT molecular complexity index is 1730. The molecule has 7 nitrogen and oxygen atoms in total. The number of benzene rings is 2. The van der Waals surface area contributed by atoms with Crippen LogP contribution in [0.25, 0.3) is 27.5 Å². The van der Waals surface area contributed by atoms with E-state index in [2.05, 4.69) is 47.8 Å². The summed E-state index contributed by atoms with van der Waals surface area (Å²) in [5.41, 5.74) is 11.0. The first-order chi connectivity index (χ1) is 17.4. The number of nitrogens with zero attached hydrogens (tertiary/aromatic N) is 5. The van der Waals surface area contributed by atoms with Gasteiger partial charge in [-0.2, -0.15) is 5.10 Å². The van der Waals surface area contributed by atoms with Crippen molar-refractivity contribution < 1.29 is 0 Å². The van der Waals surface area contributed by atoms with Gasteiger partial charge in [0.15, 0.2) is 5.65 Å². The third-order valence-electron chi connectivity index (χ3n) is 6.38. The number of fused-ring (bicyclic) bond motifs is 2. The van der Waals surface area contributed by atoms with E-state index in [1.54, 1.807) is 4.68 Å². The largest absolute Gasteiger partial charge is 0.383 e. The van der Waals surface area contributed by atoms with Gasteiger partial charge in [-0.3, -0.25) is 9.36 Å². The maximum atomic E-state index is 14.1. The van der Waals surface area contributed by atoms with E-state index < -0.39 is 0 Å². The fourth-order valence-electron chi connectivity index (χ4n) is 4.70. The number of aromatic nitrogens is 5. The molecule has 36 heavy (non-hydrogen) atoms. The average Bonchev–Trinajstić information content (AvgIpc) is 3.21. The zero-order valence-corrected chi connectivity index (χ0v) is 20.9. The molecule has 5 rings (SSSR count). The number of hydrogen-bond donors (Lipinski definition) is 1. The van der Waals surface area contributed by atoms with Gasteiger partial charge in [-0.25, -0.2) is 14.6 Å². The van der Waals surface area contributed by atoms with Crippen LogP contribution in [0.1, 0.15) is 55.6 Å². The number of hydrogen-bond acceptors (Lipinski definition) is 5. The molecule has 2 N–H and O–H groups in total. The summed E-state index contributed by atoms with van der Waals surface area (Å²) in [5, 5.41) is 6.99. The Balaban J connectivity index is 1.81. The summed E-state index contributed by atoms with van der Waals surface area (Å²) in [6, 6.07) is 16.0. The normalized spacial score (nSPS) is 11.2. The van der Waals surface area contributed by atoms with Gasteiger partial charge in [-0.15, -0.1) is 0 Å². The predicted molar refractivity (Wildman–Crippen MR) is 144 cm³/mol. The highest BCUT2D eigenvalue weighted by molar-refractivity contribution is 5.90. The predicted octanol–water partition coefficient (Wildman–Crippen LogP) is 4.95. The van der Waals surface area contributed by atoms with E-state index in [1.807, 2.05) is 54.8 Å². The first-order valence-electron chi connectivity index (χ1n) is 12.1. The van der Waals surface area contributed by atoms with Crippen LogP contribution in [0.15, 0.2) is 59.7 Å². The van der Waals surface area contributed by atoms with Gasteiger partial charge in [0, 0.05) is 12.1 Å². The third-order valence-corrected chi connectivity index (χ3v) is 6.38. The van der Waals surface area contributed by atoms with E-state index in [9.17, 15) is 4.79 Å².